The summed E-state index contributed by atoms with van der Waals surface area (Å²) in [6.45, 7) is 0. The molecule has 2 aromatic rings. The summed E-state index contributed by atoms with van der Waals surface area (Å²) in [5.41, 5.74) is -0.532. The van der Waals surface area contributed by atoms with E-state index in [1.54, 1.807) is 0 Å². The van der Waals surface area contributed by atoms with Gasteiger partial charge in [0, 0.05) is 9.79 Å². The van der Waals surface area contributed by atoms with E-state index in [0.717, 1.165) is 48.5 Å². The summed E-state index contributed by atoms with van der Waals surface area (Å²) < 4.78 is 51.4. The molecule has 0 atom stereocenters. The Morgan fingerprint density at radius 3 is 1.73 bits per heavy atom. The van der Waals surface area contributed by atoms with Gasteiger partial charge in [-0.1, -0.05) is 6.07 Å². The minimum absolute atomic E-state index is 0. The number of aromatic carboxylic acids is 2. The van der Waals surface area contributed by atoms with Crippen LogP contribution in [-0.2, 0) is 20.0 Å². The summed E-state index contributed by atoms with van der Waals surface area (Å²) in [4.78, 5) is 20.5. The zero-order chi connectivity index (χ0) is 18.8. The van der Waals surface area contributed by atoms with Crippen molar-refractivity contribution in [2.24, 2.45) is 0 Å². The molecule has 0 fully saturated rings. The molecule has 0 heterocycles. The summed E-state index contributed by atoms with van der Waals surface area (Å²) in [6.07, 6.45) is 0. The van der Waals surface area contributed by atoms with E-state index in [4.69, 9.17) is 10.2 Å². The van der Waals surface area contributed by atoms with Gasteiger partial charge >= 0.3 is 30.8 Å². The van der Waals surface area contributed by atoms with E-state index in [2.05, 4.69) is 4.13 Å². The Balaban J connectivity index is 0.00000338. The molecule has 0 bridgehead atoms. The molecule has 0 radical (unpaired) electrons. The maximum Gasteiger partial charge on any atom is 1.00 e. The van der Waals surface area contributed by atoms with Crippen molar-refractivity contribution in [1.82, 2.24) is 0 Å². The second-order valence-electron chi connectivity index (χ2n) is 4.69. The molecule has 0 aliphatic rings. The summed E-state index contributed by atoms with van der Waals surface area (Å²) in [5, 5.41) is 17.6. The monoisotopic (exact) mass is 391 g/mol. The molecule has 132 valence electrons. The molecule has 26 heavy (non-hydrogen) atoms. The van der Waals surface area contributed by atoms with Crippen LogP contribution < -0.4 is 18.9 Å². The molecule has 2 rings (SSSR count). The van der Waals surface area contributed by atoms with E-state index < -0.39 is 41.8 Å². The number of carboxylic acid groups (broad SMARTS) is 2. The summed E-state index contributed by atoms with van der Waals surface area (Å²) in [7, 11) is -9.34. The fraction of sp³-hybridized carbons (Fsp3) is 0. The fourth-order valence-electron chi connectivity index (χ4n) is 1.77. The molecule has 0 saturated heterocycles. The zero-order valence-corrected chi connectivity index (χ0v) is 14.9. The number of hydrogen-bond donors (Lipinski definition) is 2. The van der Waals surface area contributed by atoms with E-state index in [-0.39, 0.29) is 30.0 Å². The number of sulfonamides is 2. The Labute approximate surface area is 160 Å². The van der Waals surface area contributed by atoms with Crippen molar-refractivity contribution in [3.63, 3.8) is 0 Å². The molecule has 0 amide bonds. The Hall–Kier alpha value is -2.16. The van der Waals surface area contributed by atoms with Crippen LogP contribution in [0, 0.1) is 0 Å². The molecule has 0 aliphatic heterocycles. The molecule has 9 nitrogen and oxygen atoms in total. The average molecular weight is 391 g/mol. The van der Waals surface area contributed by atoms with Crippen LogP contribution in [0.15, 0.2) is 58.3 Å². The number of nitrogens with zero attached hydrogens (tertiary/aromatic N) is 1. The minimum atomic E-state index is -4.69. The summed E-state index contributed by atoms with van der Waals surface area (Å²) >= 11 is 0. The number of carbonyl (C=O) groups is 2. The molecule has 0 spiro atoms. The second-order valence-corrected chi connectivity index (χ2v) is 8.13. The SMILES string of the molecule is O=C(O)c1ccc(S(=O)(=O)[N-]S(=O)(=O)c2cccc(C(=O)O)c2)cc1.[Li+]. The first-order chi connectivity index (χ1) is 11.5. The Morgan fingerprint density at radius 1 is 0.731 bits per heavy atom. The number of hydrogen-bond acceptors (Lipinski definition) is 6. The summed E-state index contributed by atoms with van der Waals surface area (Å²) in [5.74, 6) is -2.66. The van der Waals surface area contributed by atoms with Crippen molar-refractivity contribution < 1.29 is 55.5 Å². The van der Waals surface area contributed by atoms with Crippen molar-refractivity contribution in [2.45, 2.75) is 9.79 Å². The second kappa shape index (κ2) is 8.03. The van der Waals surface area contributed by atoms with Gasteiger partial charge < -0.3 is 14.3 Å². The first-order valence-corrected chi connectivity index (χ1v) is 9.32. The average Bonchev–Trinajstić information content (AvgIpc) is 2.54. The van der Waals surface area contributed by atoms with Crippen LogP contribution in [0.4, 0.5) is 0 Å². The van der Waals surface area contributed by atoms with Gasteiger partial charge in [-0.05, 0) is 42.5 Å². The first-order valence-electron chi connectivity index (χ1n) is 6.44. The van der Waals surface area contributed by atoms with Crippen molar-refractivity contribution in [1.29, 1.82) is 0 Å². The predicted octanol–water partition coefficient (Wildman–Crippen LogP) is -1.46. The van der Waals surface area contributed by atoms with Crippen LogP contribution in [0.2, 0.25) is 0 Å². The molecular formula is C14H10LiNO8S2. The topological polar surface area (TPSA) is 157 Å². The van der Waals surface area contributed by atoms with Crippen molar-refractivity contribution >= 4 is 32.0 Å². The van der Waals surface area contributed by atoms with Gasteiger partial charge in [0.2, 0.25) is 0 Å². The van der Waals surface area contributed by atoms with E-state index in [1.807, 2.05) is 0 Å². The van der Waals surface area contributed by atoms with Gasteiger partial charge in [0.05, 0.1) is 11.1 Å². The molecule has 0 aliphatic carbocycles. The third kappa shape index (κ3) is 4.93. The fourth-order valence-corrected chi connectivity index (χ4v) is 4.50. The molecular weight excluding hydrogens is 381 g/mol. The Morgan fingerprint density at radius 2 is 1.23 bits per heavy atom. The molecule has 0 saturated carbocycles. The molecule has 0 aromatic heterocycles. The number of rotatable bonds is 6. The molecule has 2 N–H and O–H groups in total. The Bertz CT molecular complexity index is 1050. The number of benzene rings is 2. The van der Waals surface area contributed by atoms with Crippen LogP contribution in [0.1, 0.15) is 20.7 Å². The van der Waals surface area contributed by atoms with Gasteiger partial charge in [-0.15, -0.1) is 0 Å². The van der Waals surface area contributed by atoms with Crippen LogP contribution in [0.3, 0.4) is 0 Å². The van der Waals surface area contributed by atoms with Gasteiger partial charge in [-0.2, -0.15) is 0 Å². The van der Waals surface area contributed by atoms with Crippen LogP contribution in [0.25, 0.3) is 4.13 Å². The Kier molecular flexibility index (Phi) is 6.75. The van der Waals surface area contributed by atoms with Gasteiger partial charge in [-0.25, -0.2) is 26.4 Å². The van der Waals surface area contributed by atoms with Crippen molar-refractivity contribution in [2.75, 3.05) is 0 Å². The van der Waals surface area contributed by atoms with Gasteiger partial charge in [0.25, 0.3) is 0 Å². The van der Waals surface area contributed by atoms with Crippen molar-refractivity contribution in [3.8, 4) is 0 Å². The van der Waals surface area contributed by atoms with Crippen LogP contribution in [-0.4, -0.2) is 39.0 Å². The van der Waals surface area contributed by atoms with E-state index in [1.165, 1.54) is 0 Å². The largest absolute Gasteiger partial charge is 1.00 e. The standard InChI is InChI=1S/C14H10NO8S2.Li/c16-13(17)9-4-6-11(7-5-9)24(20,21)15-25(22,23)12-3-1-2-10(8-12)14(18)19;/h1-8H,(H,16,17)(H,18,19);/q-1;+1. The molecule has 0 unspecified atom stereocenters. The van der Waals surface area contributed by atoms with Crippen LogP contribution >= 0.6 is 0 Å². The maximum absolute atomic E-state index is 12.1. The molecule has 2 aromatic carbocycles. The maximum atomic E-state index is 12.1. The quantitative estimate of drug-likeness (QED) is 0.566. The van der Waals surface area contributed by atoms with Gasteiger partial charge in [0.1, 0.15) is 20.0 Å². The number of carboxylic acids is 2. The smallest absolute Gasteiger partial charge is 0.478 e. The first kappa shape index (κ1) is 21.9. The van der Waals surface area contributed by atoms with E-state index in [0.29, 0.717) is 0 Å². The third-order valence-electron chi connectivity index (χ3n) is 2.97. The van der Waals surface area contributed by atoms with Gasteiger partial charge in [0.15, 0.2) is 0 Å². The van der Waals surface area contributed by atoms with E-state index >= 15 is 0 Å². The van der Waals surface area contributed by atoms with E-state index in [9.17, 15) is 26.4 Å². The predicted molar refractivity (Wildman–Crippen MR) is 84.5 cm³/mol. The zero-order valence-electron chi connectivity index (χ0n) is 13.2. The summed E-state index contributed by atoms with van der Waals surface area (Å²) in [6, 6.07) is 7.86. The van der Waals surface area contributed by atoms with Crippen molar-refractivity contribution in [3.05, 3.63) is 63.8 Å². The molecule has 12 heteroatoms. The minimum Gasteiger partial charge on any atom is -0.478 e. The van der Waals surface area contributed by atoms with Crippen LogP contribution in [0.5, 0.6) is 0 Å². The third-order valence-corrected chi connectivity index (χ3v) is 6.26. The van der Waals surface area contributed by atoms with Gasteiger partial charge in [-0.3, -0.25) is 0 Å². The normalized spacial score (nSPS) is 11.4.